The van der Waals surface area contributed by atoms with Crippen LogP contribution in [0.5, 0.6) is 0 Å². The average molecular weight is 273 g/mol. The van der Waals surface area contributed by atoms with Crippen LogP contribution in [0.4, 0.5) is 13.2 Å². The maximum atomic E-state index is 12.1. The zero-order valence-electron chi connectivity index (χ0n) is 10.8. The van der Waals surface area contributed by atoms with Crippen LogP contribution in [0.1, 0.15) is 43.4 Å². The number of halogens is 3. The van der Waals surface area contributed by atoms with Crippen molar-refractivity contribution in [3.05, 3.63) is 35.4 Å². The van der Waals surface area contributed by atoms with Crippen LogP contribution in [0.2, 0.25) is 0 Å². The van der Waals surface area contributed by atoms with E-state index in [0.29, 0.717) is 6.54 Å². The second kappa shape index (κ2) is 5.13. The molecule has 0 bridgehead atoms. The summed E-state index contributed by atoms with van der Waals surface area (Å²) < 4.78 is 36.4. The molecule has 2 atom stereocenters. The maximum absolute atomic E-state index is 12.1. The Hall–Kier alpha value is -1.07. The second-order valence-corrected chi connectivity index (χ2v) is 5.34. The van der Waals surface area contributed by atoms with Gasteiger partial charge in [-0.05, 0) is 30.9 Å². The highest BCUT2D eigenvalue weighted by molar-refractivity contribution is 5.35. The summed E-state index contributed by atoms with van der Waals surface area (Å²) in [7, 11) is 0. The molecule has 0 amide bonds. The van der Waals surface area contributed by atoms with E-state index in [4.69, 9.17) is 0 Å². The minimum Gasteiger partial charge on any atom is -0.388 e. The lowest BCUT2D eigenvalue weighted by Crippen LogP contribution is -2.38. The van der Waals surface area contributed by atoms with Crippen molar-refractivity contribution < 1.29 is 18.3 Å². The number of aliphatic hydroxyl groups is 1. The molecule has 106 valence electrons. The van der Waals surface area contributed by atoms with E-state index >= 15 is 0 Å². The standard InChI is InChI=1S/C14H18F3NO/c1-13(19,7-4-8-14(15,16)17)12-11-6-3-2-5-10(11)9-18-12/h2-3,5-6,12,18-19H,4,7-9H2,1H3. The third-order valence-corrected chi connectivity index (χ3v) is 3.63. The van der Waals surface area contributed by atoms with Gasteiger partial charge in [-0.1, -0.05) is 24.3 Å². The summed E-state index contributed by atoms with van der Waals surface area (Å²) in [5, 5.41) is 13.6. The molecule has 1 aliphatic rings. The molecule has 2 unspecified atom stereocenters. The number of rotatable bonds is 4. The van der Waals surface area contributed by atoms with Gasteiger partial charge in [0.25, 0.3) is 0 Å². The number of hydrogen-bond acceptors (Lipinski definition) is 2. The maximum Gasteiger partial charge on any atom is 0.389 e. The minimum atomic E-state index is -4.16. The fraction of sp³-hybridized carbons (Fsp3) is 0.571. The molecule has 19 heavy (non-hydrogen) atoms. The monoisotopic (exact) mass is 273 g/mol. The number of alkyl halides is 3. The molecule has 0 aliphatic carbocycles. The predicted molar refractivity (Wildman–Crippen MR) is 66.6 cm³/mol. The Morgan fingerprint density at radius 3 is 2.63 bits per heavy atom. The van der Waals surface area contributed by atoms with Crippen molar-refractivity contribution in [1.82, 2.24) is 5.32 Å². The van der Waals surface area contributed by atoms with Crippen LogP contribution in [0.25, 0.3) is 0 Å². The van der Waals surface area contributed by atoms with Crippen LogP contribution in [0.15, 0.2) is 24.3 Å². The van der Waals surface area contributed by atoms with E-state index in [1.165, 1.54) is 0 Å². The Kier molecular flexibility index (Phi) is 3.87. The molecule has 0 fully saturated rings. The average Bonchev–Trinajstić information content (AvgIpc) is 2.71. The molecular weight excluding hydrogens is 255 g/mol. The molecule has 1 heterocycles. The fourth-order valence-electron chi connectivity index (χ4n) is 2.64. The Bertz CT molecular complexity index is 443. The highest BCUT2D eigenvalue weighted by Crippen LogP contribution is 2.37. The summed E-state index contributed by atoms with van der Waals surface area (Å²) in [4.78, 5) is 0. The molecular formula is C14H18F3NO. The van der Waals surface area contributed by atoms with Crippen molar-refractivity contribution in [2.75, 3.05) is 0 Å². The van der Waals surface area contributed by atoms with Gasteiger partial charge in [-0.3, -0.25) is 0 Å². The normalized spacial score (nSPS) is 22.1. The predicted octanol–water partition coefficient (Wildman–Crippen LogP) is 3.31. The Morgan fingerprint density at radius 1 is 1.26 bits per heavy atom. The second-order valence-electron chi connectivity index (χ2n) is 5.34. The SMILES string of the molecule is CC(O)(CCCC(F)(F)F)C1NCc2ccccc21. The third kappa shape index (κ3) is 3.48. The van der Waals surface area contributed by atoms with Gasteiger partial charge in [0.15, 0.2) is 0 Å². The quantitative estimate of drug-likeness (QED) is 0.882. The van der Waals surface area contributed by atoms with E-state index in [9.17, 15) is 18.3 Å². The fourth-order valence-corrected chi connectivity index (χ4v) is 2.64. The Morgan fingerprint density at radius 2 is 1.95 bits per heavy atom. The molecule has 1 aromatic rings. The molecule has 0 radical (unpaired) electrons. The van der Waals surface area contributed by atoms with E-state index in [1.54, 1.807) is 6.92 Å². The summed E-state index contributed by atoms with van der Waals surface area (Å²) in [5.41, 5.74) is 0.917. The molecule has 0 spiro atoms. The molecule has 5 heteroatoms. The van der Waals surface area contributed by atoms with Crippen molar-refractivity contribution in [3.8, 4) is 0 Å². The third-order valence-electron chi connectivity index (χ3n) is 3.63. The zero-order chi connectivity index (χ0) is 14.1. The van der Waals surface area contributed by atoms with E-state index in [2.05, 4.69) is 5.32 Å². The van der Waals surface area contributed by atoms with Crippen molar-refractivity contribution >= 4 is 0 Å². The molecule has 0 saturated heterocycles. The minimum absolute atomic E-state index is 0.0587. The lowest BCUT2D eigenvalue weighted by atomic mass is 9.86. The first kappa shape index (κ1) is 14.3. The topological polar surface area (TPSA) is 32.3 Å². The highest BCUT2D eigenvalue weighted by atomic mass is 19.4. The summed E-state index contributed by atoms with van der Waals surface area (Å²) in [5.74, 6) is 0. The number of nitrogens with one attached hydrogen (secondary N) is 1. The molecule has 2 nitrogen and oxygen atoms in total. The molecule has 2 rings (SSSR count). The summed E-state index contributed by atoms with van der Waals surface area (Å²) in [6.07, 6.45) is -4.94. The van der Waals surface area contributed by atoms with Crippen molar-refractivity contribution in [2.24, 2.45) is 0 Å². The molecule has 0 saturated carbocycles. The zero-order valence-corrected chi connectivity index (χ0v) is 10.8. The lowest BCUT2D eigenvalue weighted by Gasteiger charge is -2.31. The first-order chi connectivity index (χ1) is 8.80. The Labute approximate surface area is 110 Å². The van der Waals surface area contributed by atoms with Gasteiger partial charge in [0.05, 0.1) is 11.6 Å². The van der Waals surface area contributed by atoms with Gasteiger partial charge in [0.2, 0.25) is 0 Å². The first-order valence-electron chi connectivity index (χ1n) is 6.40. The van der Waals surface area contributed by atoms with Crippen LogP contribution in [0, 0.1) is 0 Å². The smallest absolute Gasteiger partial charge is 0.388 e. The van der Waals surface area contributed by atoms with Crippen molar-refractivity contribution in [2.45, 2.75) is 50.6 Å². The van der Waals surface area contributed by atoms with Crippen LogP contribution in [-0.4, -0.2) is 16.9 Å². The van der Waals surface area contributed by atoms with Crippen LogP contribution in [-0.2, 0) is 6.54 Å². The van der Waals surface area contributed by atoms with Gasteiger partial charge in [-0.2, -0.15) is 13.2 Å². The number of hydrogen-bond donors (Lipinski definition) is 2. The molecule has 2 N–H and O–H groups in total. The summed E-state index contributed by atoms with van der Waals surface area (Å²) >= 11 is 0. The first-order valence-corrected chi connectivity index (χ1v) is 6.40. The van der Waals surface area contributed by atoms with Gasteiger partial charge in [-0.15, -0.1) is 0 Å². The van der Waals surface area contributed by atoms with Crippen LogP contribution >= 0.6 is 0 Å². The molecule has 1 aliphatic heterocycles. The summed E-state index contributed by atoms with van der Waals surface area (Å²) in [6.45, 7) is 2.25. The van der Waals surface area contributed by atoms with Gasteiger partial charge >= 0.3 is 6.18 Å². The highest BCUT2D eigenvalue weighted by Gasteiger charge is 2.38. The Balaban J connectivity index is 2.01. The van der Waals surface area contributed by atoms with E-state index in [0.717, 1.165) is 11.1 Å². The van der Waals surface area contributed by atoms with Gasteiger partial charge < -0.3 is 10.4 Å². The van der Waals surface area contributed by atoms with Crippen LogP contribution < -0.4 is 5.32 Å². The summed E-state index contributed by atoms with van der Waals surface area (Å²) in [6, 6.07) is 7.38. The van der Waals surface area contributed by atoms with Gasteiger partial charge in [0.1, 0.15) is 0 Å². The van der Waals surface area contributed by atoms with E-state index in [-0.39, 0.29) is 18.9 Å². The van der Waals surface area contributed by atoms with Gasteiger partial charge in [-0.25, -0.2) is 0 Å². The lowest BCUT2D eigenvalue weighted by molar-refractivity contribution is -0.138. The number of fused-ring (bicyclic) bond motifs is 1. The van der Waals surface area contributed by atoms with Gasteiger partial charge in [0, 0.05) is 13.0 Å². The molecule has 0 aromatic heterocycles. The van der Waals surface area contributed by atoms with Crippen molar-refractivity contribution in [1.29, 1.82) is 0 Å². The van der Waals surface area contributed by atoms with Crippen molar-refractivity contribution in [3.63, 3.8) is 0 Å². The molecule has 1 aromatic carbocycles. The van der Waals surface area contributed by atoms with E-state index in [1.807, 2.05) is 24.3 Å². The number of benzene rings is 1. The van der Waals surface area contributed by atoms with E-state index < -0.39 is 18.2 Å². The largest absolute Gasteiger partial charge is 0.389 e. The van der Waals surface area contributed by atoms with Crippen LogP contribution in [0.3, 0.4) is 0 Å².